The third-order valence-electron chi connectivity index (χ3n) is 4.13. The zero-order chi connectivity index (χ0) is 12.8. The number of hydrogen-bond donors (Lipinski definition) is 0. The molecule has 18 heavy (non-hydrogen) atoms. The first-order valence-corrected chi connectivity index (χ1v) is 6.48. The van der Waals surface area contributed by atoms with Crippen LogP contribution in [0.3, 0.4) is 0 Å². The van der Waals surface area contributed by atoms with Crippen molar-refractivity contribution in [1.29, 1.82) is 0 Å². The number of allylic oxidation sites excluding steroid dienone is 4. The molecule has 0 heterocycles. The van der Waals surface area contributed by atoms with E-state index in [1.165, 1.54) is 29.6 Å². The van der Waals surface area contributed by atoms with E-state index >= 15 is 0 Å². The van der Waals surface area contributed by atoms with E-state index in [0.29, 0.717) is 0 Å². The van der Waals surface area contributed by atoms with E-state index in [-0.39, 0.29) is 5.41 Å². The van der Waals surface area contributed by atoms with Crippen molar-refractivity contribution in [2.24, 2.45) is 5.41 Å². The van der Waals surface area contributed by atoms with E-state index < -0.39 is 0 Å². The van der Waals surface area contributed by atoms with Crippen LogP contribution in [0.1, 0.15) is 20.8 Å². The molecule has 90 valence electrons. The highest BCUT2D eigenvalue weighted by molar-refractivity contribution is 5.68. The second kappa shape index (κ2) is 4.54. The minimum Gasteiger partial charge on any atom is -0.0762 e. The first-order chi connectivity index (χ1) is 8.60. The molecule has 0 amide bonds. The van der Waals surface area contributed by atoms with Crippen molar-refractivity contribution in [3.63, 3.8) is 0 Å². The van der Waals surface area contributed by atoms with Gasteiger partial charge < -0.3 is 0 Å². The second-order valence-electron chi connectivity index (χ2n) is 5.57. The third kappa shape index (κ3) is 1.89. The summed E-state index contributed by atoms with van der Waals surface area (Å²) in [6, 6.07) is 0. The number of fused-ring (bicyclic) bond motifs is 1. The van der Waals surface area contributed by atoms with Crippen LogP contribution in [0.25, 0.3) is 0 Å². The summed E-state index contributed by atoms with van der Waals surface area (Å²) in [5.74, 6) is 6.98. The summed E-state index contributed by atoms with van der Waals surface area (Å²) in [5, 5.41) is 0. The van der Waals surface area contributed by atoms with E-state index in [0.717, 1.165) is 0 Å². The fraction of sp³-hybridized carbons (Fsp3) is 0.222. The van der Waals surface area contributed by atoms with Gasteiger partial charge in [-0.05, 0) is 55.3 Å². The lowest BCUT2D eigenvalue weighted by molar-refractivity contribution is 0.443. The molecule has 0 nitrogen and oxygen atoms in total. The Morgan fingerprint density at radius 1 is 0.944 bits per heavy atom. The smallest absolute Gasteiger partial charge is 0.0158 e. The van der Waals surface area contributed by atoms with Crippen molar-refractivity contribution in [2.75, 3.05) is 0 Å². The van der Waals surface area contributed by atoms with Gasteiger partial charge in [0.05, 0.1) is 0 Å². The van der Waals surface area contributed by atoms with E-state index in [4.69, 9.17) is 0 Å². The predicted molar refractivity (Wildman–Crippen MR) is 75.5 cm³/mol. The van der Waals surface area contributed by atoms with Crippen LogP contribution in [0.15, 0.2) is 24.3 Å². The van der Waals surface area contributed by atoms with Crippen LogP contribution in [-0.4, -0.2) is 0 Å². The molecule has 0 aromatic carbocycles. The Kier molecular flexibility index (Phi) is 3.16. The molecule has 0 heteroatoms. The molecule has 0 aromatic heterocycles. The van der Waals surface area contributed by atoms with Crippen LogP contribution in [-0.2, 0) is 0 Å². The monoisotopic (exact) mass is 234 g/mol. The van der Waals surface area contributed by atoms with Gasteiger partial charge in [-0.1, -0.05) is 45.1 Å². The lowest BCUT2D eigenvalue weighted by Gasteiger charge is -2.39. The zero-order valence-electron chi connectivity index (χ0n) is 11.2. The summed E-state index contributed by atoms with van der Waals surface area (Å²) >= 11 is 0. The quantitative estimate of drug-likeness (QED) is 0.675. The normalized spacial score (nSPS) is 28.4. The van der Waals surface area contributed by atoms with Gasteiger partial charge in [-0.3, -0.25) is 0 Å². The molecule has 0 N–H and O–H groups in total. The van der Waals surface area contributed by atoms with Crippen LogP contribution in [0.4, 0.5) is 0 Å². The summed E-state index contributed by atoms with van der Waals surface area (Å²) in [5.41, 5.74) is 0.0760. The Balaban J connectivity index is 1.80. The summed E-state index contributed by atoms with van der Waals surface area (Å²) in [6.45, 7) is 6.86. The van der Waals surface area contributed by atoms with Gasteiger partial charge in [0, 0.05) is 11.8 Å². The van der Waals surface area contributed by atoms with Crippen molar-refractivity contribution >= 4 is 0 Å². The number of hydrogen-bond acceptors (Lipinski definition) is 0. The van der Waals surface area contributed by atoms with Crippen molar-refractivity contribution in [2.45, 2.75) is 20.8 Å². The van der Waals surface area contributed by atoms with Gasteiger partial charge in [0.2, 0.25) is 0 Å². The minimum atomic E-state index is 0.0760. The van der Waals surface area contributed by atoms with Gasteiger partial charge in [0.15, 0.2) is 0 Å². The van der Waals surface area contributed by atoms with Crippen LogP contribution in [0.5, 0.6) is 0 Å². The third-order valence-corrected chi connectivity index (χ3v) is 4.13. The van der Waals surface area contributed by atoms with Crippen LogP contribution in [0.2, 0.25) is 0 Å². The molecule has 3 aliphatic carbocycles. The summed E-state index contributed by atoms with van der Waals surface area (Å²) < 4.78 is 0. The van der Waals surface area contributed by atoms with Crippen LogP contribution in [0, 0.1) is 67.1 Å². The fourth-order valence-corrected chi connectivity index (χ4v) is 2.97. The largest absolute Gasteiger partial charge is 0.0762 e. The van der Waals surface area contributed by atoms with Crippen molar-refractivity contribution < 1.29 is 0 Å². The molecule has 0 bridgehead atoms. The summed E-state index contributed by atoms with van der Waals surface area (Å²) in [7, 11) is 0. The molecule has 0 atom stereocenters. The molecule has 3 aliphatic rings. The molecule has 0 spiro atoms. The fourth-order valence-electron chi connectivity index (χ4n) is 2.97. The molecular weight excluding hydrogens is 216 g/mol. The van der Waals surface area contributed by atoms with Crippen molar-refractivity contribution in [3.05, 3.63) is 86.0 Å². The number of rotatable bonds is 2. The first-order valence-electron chi connectivity index (χ1n) is 6.48. The van der Waals surface area contributed by atoms with E-state index in [2.05, 4.69) is 77.2 Å². The minimum absolute atomic E-state index is 0.0760. The molecule has 0 aliphatic heterocycles. The average Bonchev–Trinajstić information content (AvgIpc) is 2.98. The van der Waals surface area contributed by atoms with Crippen LogP contribution >= 0.6 is 0 Å². The Morgan fingerprint density at radius 2 is 1.61 bits per heavy atom. The van der Waals surface area contributed by atoms with Crippen molar-refractivity contribution in [1.82, 2.24) is 0 Å². The van der Waals surface area contributed by atoms with Gasteiger partial charge in [-0.25, -0.2) is 0 Å². The molecule has 3 rings (SSSR count). The Bertz CT molecular complexity index is 354. The highest BCUT2D eigenvalue weighted by Gasteiger charge is 2.50. The maximum absolute atomic E-state index is 2.34. The maximum Gasteiger partial charge on any atom is 0.0158 e. The lowest BCUT2D eigenvalue weighted by Crippen LogP contribution is -2.30. The Morgan fingerprint density at radius 3 is 2.28 bits per heavy atom. The highest BCUT2D eigenvalue weighted by atomic mass is 14.5. The SMILES string of the molecule is C[C]1[C]2C=CC=C[C]2[CH][C]1C(C)(C)[C]1[CH][CH][CH][CH]1. The van der Waals surface area contributed by atoms with E-state index in [1.807, 2.05) is 0 Å². The lowest BCUT2D eigenvalue weighted by atomic mass is 9.65. The Labute approximate surface area is 113 Å². The van der Waals surface area contributed by atoms with E-state index in [9.17, 15) is 0 Å². The molecule has 2 saturated carbocycles. The van der Waals surface area contributed by atoms with Gasteiger partial charge in [0.25, 0.3) is 0 Å². The molecule has 0 saturated heterocycles. The highest BCUT2D eigenvalue weighted by Crippen LogP contribution is 2.59. The first kappa shape index (κ1) is 12.5. The van der Waals surface area contributed by atoms with Gasteiger partial charge in [0.1, 0.15) is 0 Å². The molecule has 2 fully saturated rings. The summed E-state index contributed by atoms with van der Waals surface area (Å²) in [4.78, 5) is 0. The van der Waals surface area contributed by atoms with Gasteiger partial charge >= 0.3 is 0 Å². The average molecular weight is 234 g/mol. The maximum atomic E-state index is 2.34. The second-order valence-corrected chi connectivity index (χ2v) is 5.57. The molecular formula is C18H18. The molecule has 0 aromatic rings. The van der Waals surface area contributed by atoms with Gasteiger partial charge in [-0.15, -0.1) is 0 Å². The van der Waals surface area contributed by atoms with Gasteiger partial charge in [-0.2, -0.15) is 0 Å². The molecule has 0 unspecified atom stereocenters. The standard InChI is InChI=1S/C18H18/c1-13-16-11-7-4-8-14(16)12-17(13)18(2,3)15-9-5-6-10-15/h4-12H,1-3H3. The van der Waals surface area contributed by atoms with Crippen LogP contribution < -0.4 is 0 Å². The topological polar surface area (TPSA) is 0 Å². The molecule has 10 radical (unpaired) electrons. The summed E-state index contributed by atoms with van der Waals surface area (Å²) in [6.07, 6.45) is 19.7. The Hall–Kier alpha value is -0.520. The van der Waals surface area contributed by atoms with Crippen molar-refractivity contribution in [3.8, 4) is 0 Å². The predicted octanol–water partition coefficient (Wildman–Crippen LogP) is 4.08. The zero-order valence-corrected chi connectivity index (χ0v) is 11.2. The van der Waals surface area contributed by atoms with E-state index in [1.54, 1.807) is 0 Å².